The first-order valence-electron chi connectivity index (χ1n) is 5.76. The van der Waals surface area contributed by atoms with Crippen molar-refractivity contribution in [3.8, 4) is 0 Å². The molecule has 0 fully saturated rings. The maximum atomic E-state index is 12.4. The molecule has 2 aromatic rings. The Morgan fingerprint density at radius 2 is 2.30 bits per heavy atom. The van der Waals surface area contributed by atoms with Crippen LogP contribution in [-0.2, 0) is 23.1 Å². The van der Waals surface area contributed by atoms with E-state index in [0.717, 1.165) is 9.35 Å². The standard InChI is InChI=1S/C11H14BrN3O3S2/c1-14(6-10-4-9(12)8-19-10)20(17,18)11-5-13-15(7-11)2-3-16/h4-5,7-8,16H,2-3,6H2,1H3. The Labute approximate surface area is 129 Å². The van der Waals surface area contributed by atoms with Gasteiger partial charge in [-0.2, -0.15) is 9.40 Å². The average Bonchev–Trinajstić information content (AvgIpc) is 2.99. The highest BCUT2D eigenvalue weighted by molar-refractivity contribution is 9.10. The second-order valence-electron chi connectivity index (χ2n) is 4.16. The normalized spacial score (nSPS) is 12.2. The van der Waals surface area contributed by atoms with E-state index in [4.69, 9.17) is 5.11 Å². The number of hydrogen-bond acceptors (Lipinski definition) is 5. The van der Waals surface area contributed by atoms with Gasteiger partial charge in [0.15, 0.2) is 0 Å². The number of thiophene rings is 1. The summed E-state index contributed by atoms with van der Waals surface area (Å²) in [4.78, 5) is 1.08. The third-order valence-electron chi connectivity index (χ3n) is 2.65. The fourth-order valence-corrected chi connectivity index (χ4v) is 4.31. The summed E-state index contributed by atoms with van der Waals surface area (Å²) >= 11 is 4.84. The van der Waals surface area contributed by atoms with Crippen LogP contribution < -0.4 is 0 Å². The first-order chi connectivity index (χ1) is 9.43. The Balaban J connectivity index is 2.15. The number of rotatable bonds is 6. The van der Waals surface area contributed by atoms with Gasteiger partial charge in [0.1, 0.15) is 4.90 Å². The van der Waals surface area contributed by atoms with Crippen molar-refractivity contribution in [2.75, 3.05) is 13.7 Å². The fourth-order valence-electron chi connectivity index (χ4n) is 1.62. The summed E-state index contributed by atoms with van der Waals surface area (Å²) in [6, 6.07) is 1.89. The maximum absolute atomic E-state index is 12.4. The number of sulfonamides is 1. The molecule has 0 spiro atoms. The van der Waals surface area contributed by atoms with Gasteiger partial charge in [-0.15, -0.1) is 11.3 Å². The predicted molar refractivity (Wildman–Crippen MR) is 80.0 cm³/mol. The summed E-state index contributed by atoms with van der Waals surface area (Å²) in [7, 11) is -2.03. The van der Waals surface area contributed by atoms with Crippen LogP contribution in [0.15, 0.2) is 33.2 Å². The lowest BCUT2D eigenvalue weighted by Crippen LogP contribution is -2.25. The minimum atomic E-state index is -3.57. The van der Waals surface area contributed by atoms with Gasteiger partial charge in [0.2, 0.25) is 10.0 Å². The first kappa shape index (κ1) is 15.6. The Morgan fingerprint density at radius 1 is 1.55 bits per heavy atom. The van der Waals surface area contributed by atoms with Crippen LogP contribution in [0, 0.1) is 0 Å². The second kappa shape index (κ2) is 6.35. The number of aliphatic hydroxyl groups excluding tert-OH is 1. The van der Waals surface area contributed by atoms with E-state index in [2.05, 4.69) is 21.0 Å². The highest BCUT2D eigenvalue weighted by Gasteiger charge is 2.23. The minimum Gasteiger partial charge on any atom is -0.394 e. The molecule has 0 atom stereocenters. The molecule has 110 valence electrons. The highest BCUT2D eigenvalue weighted by Crippen LogP contribution is 2.23. The van der Waals surface area contributed by atoms with Gasteiger partial charge in [-0.05, 0) is 22.0 Å². The number of aromatic nitrogens is 2. The largest absolute Gasteiger partial charge is 0.394 e. The molecule has 2 rings (SSSR count). The summed E-state index contributed by atoms with van der Waals surface area (Å²) in [6.07, 6.45) is 2.72. The monoisotopic (exact) mass is 379 g/mol. The van der Waals surface area contributed by atoms with Crippen molar-refractivity contribution < 1.29 is 13.5 Å². The molecule has 0 radical (unpaired) electrons. The molecule has 0 aliphatic carbocycles. The van der Waals surface area contributed by atoms with E-state index in [-0.39, 0.29) is 18.0 Å². The van der Waals surface area contributed by atoms with Crippen molar-refractivity contribution in [3.05, 3.63) is 33.2 Å². The van der Waals surface area contributed by atoms with Crippen molar-refractivity contribution in [1.82, 2.24) is 14.1 Å². The zero-order valence-corrected chi connectivity index (χ0v) is 13.9. The molecule has 2 aromatic heterocycles. The molecule has 0 aliphatic heterocycles. The van der Waals surface area contributed by atoms with Gasteiger partial charge in [0, 0.05) is 34.5 Å². The summed E-state index contributed by atoms with van der Waals surface area (Å²) < 4.78 is 28.4. The lowest BCUT2D eigenvalue weighted by atomic mass is 10.5. The van der Waals surface area contributed by atoms with Crippen LogP contribution in [0.5, 0.6) is 0 Å². The summed E-state index contributed by atoms with van der Waals surface area (Å²) in [5.41, 5.74) is 0. The van der Waals surface area contributed by atoms with Crippen LogP contribution in [0.2, 0.25) is 0 Å². The highest BCUT2D eigenvalue weighted by atomic mass is 79.9. The molecule has 0 unspecified atom stereocenters. The van der Waals surface area contributed by atoms with Gasteiger partial charge in [0.05, 0.1) is 19.3 Å². The summed E-state index contributed by atoms with van der Waals surface area (Å²) in [6.45, 7) is 0.501. The van der Waals surface area contributed by atoms with Crippen molar-refractivity contribution >= 4 is 37.3 Å². The molecule has 6 nitrogen and oxygen atoms in total. The fraction of sp³-hybridized carbons (Fsp3) is 0.364. The van der Waals surface area contributed by atoms with Gasteiger partial charge in [0.25, 0.3) is 0 Å². The molecular weight excluding hydrogens is 366 g/mol. The number of aliphatic hydroxyl groups is 1. The zero-order chi connectivity index (χ0) is 14.8. The molecular formula is C11H14BrN3O3S2. The summed E-state index contributed by atoms with van der Waals surface area (Å²) in [5, 5.41) is 14.6. The van der Waals surface area contributed by atoms with Crippen LogP contribution in [0.3, 0.4) is 0 Å². The molecule has 0 aromatic carbocycles. The van der Waals surface area contributed by atoms with Crippen LogP contribution in [0.25, 0.3) is 0 Å². The first-order valence-corrected chi connectivity index (χ1v) is 8.87. The lowest BCUT2D eigenvalue weighted by Gasteiger charge is -2.14. The van der Waals surface area contributed by atoms with E-state index < -0.39 is 10.0 Å². The minimum absolute atomic E-state index is 0.0831. The van der Waals surface area contributed by atoms with Gasteiger partial charge in [-0.3, -0.25) is 4.68 Å². The SMILES string of the molecule is CN(Cc1cc(Br)cs1)S(=O)(=O)c1cnn(CCO)c1. The number of halogens is 1. The molecule has 20 heavy (non-hydrogen) atoms. The van der Waals surface area contributed by atoms with Crippen molar-refractivity contribution in [2.45, 2.75) is 18.0 Å². The molecule has 9 heteroatoms. The molecule has 0 saturated carbocycles. The van der Waals surface area contributed by atoms with E-state index in [1.54, 1.807) is 0 Å². The van der Waals surface area contributed by atoms with E-state index in [1.807, 2.05) is 11.4 Å². The Kier molecular flexibility index (Phi) is 4.97. The smallest absolute Gasteiger partial charge is 0.246 e. The third-order valence-corrected chi connectivity index (χ3v) is 6.09. The van der Waals surface area contributed by atoms with E-state index in [1.165, 1.54) is 39.8 Å². The zero-order valence-electron chi connectivity index (χ0n) is 10.7. The molecule has 0 bridgehead atoms. The van der Waals surface area contributed by atoms with Crippen LogP contribution in [-0.4, -0.2) is 41.3 Å². The second-order valence-corrected chi connectivity index (χ2v) is 8.11. The predicted octanol–water partition coefficient (Wildman–Crippen LogP) is 1.52. The molecule has 0 amide bonds. The van der Waals surface area contributed by atoms with Crippen LogP contribution in [0.1, 0.15) is 4.88 Å². The topological polar surface area (TPSA) is 75.4 Å². The van der Waals surface area contributed by atoms with Gasteiger partial charge < -0.3 is 5.11 Å². The third kappa shape index (κ3) is 3.47. The van der Waals surface area contributed by atoms with Gasteiger partial charge in [-0.25, -0.2) is 8.42 Å². The average molecular weight is 380 g/mol. The Hall–Kier alpha value is -0.740. The van der Waals surface area contributed by atoms with E-state index >= 15 is 0 Å². The van der Waals surface area contributed by atoms with Crippen molar-refractivity contribution in [2.24, 2.45) is 0 Å². The van der Waals surface area contributed by atoms with Crippen molar-refractivity contribution in [3.63, 3.8) is 0 Å². The molecule has 0 saturated heterocycles. The van der Waals surface area contributed by atoms with Crippen LogP contribution in [0.4, 0.5) is 0 Å². The van der Waals surface area contributed by atoms with E-state index in [9.17, 15) is 8.42 Å². The maximum Gasteiger partial charge on any atom is 0.246 e. The summed E-state index contributed by atoms with van der Waals surface area (Å²) in [5.74, 6) is 0. The lowest BCUT2D eigenvalue weighted by molar-refractivity contribution is 0.269. The van der Waals surface area contributed by atoms with Gasteiger partial charge in [-0.1, -0.05) is 0 Å². The Morgan fingerprint density at radius 3 is 2.90 bits per heavy atom. The number of hydrogen-bond donors (Lipinski definition) is 1. The Bertz CT molecular complexity index is 681. The quantitative estimate of drug-likeness (QED) is 0.825. The van der Waals surface area contributed by atoms with E-state index in [0.29, 0.717) is 6.54 Å². The van der Waals surface area contributed by atoms with Crippen LogP contribution >= 0.6 is 27.3 Å². The molecule has 2 heterocycles. The van der Waals surface area contributed by atoms with Crippen molar-refractivity contribution in [1.29, 1.82) is 0 Å². The molecule has 1 N–H and O–H groups in total. The van der Waals surface area contributed by atoms with Gasteiger partial charge >= 0.3 is 0 Å². The molecule has 0 aliphatic rings. The number of nitrogens with zero attached hydrogens (tertiary/aromatic N) is 3.